The molecule has 0 aromatic carbocycles. The molecule has 2 rings (SSSR count). The number of nitrogens with zero attached hydrogens (tertiary/aromatic N) is 3. The summed E-state index contributed by atoms with van der Waals surface area (Å²) in [6.45, 7) is 0. The third kappa shape index (κ3) is 1.09. The molecule has 12 heavy (non-hydrogen) atoms. The fraction of sp³-hybridized carbons (Fsp3) is 0. The van der Waals surface area contributed by atoms with Crippen LogP contribution in [0, 0.1) is 3.70 Å². The molecule has 2 heterocycles. The van der Waals surface area contributed by atoms with Gasteiger partial charge in [-0.25, -0.2) is 9.50 Å². The Kier molecular flexibility index (Phi) is 1.95. The van der Waals surface area contributed by atoms with Gasteiger partial charge in [-0.2, -0.15) is 5.10 Å². The molecule has 0 spiro atoms. The molecule has 62 valence electrons. The summed E-state index contributed by atoms with van der Waals surface area (Å²) in [5.41, 5.74) is 6.49. The van der Waals surface area contributed by atoms with Gasteiger partial charge in [-0.05, 0) is 44.6 Å². The van der Waals surface area contributed by atoms with E-state index in [4.69, 9.17) is 5.73 Å². The molecule has 6 heteroatoms. The van der Waals surface area contributed by atoms with Crippen LogP contribution in [0.15, 0.2) is 16.9 Å². The molecule has 4 nitrogen and oxygen atoms in total. The van der Waals surface area contributed by atoms with Crippen molar-refractivity contribution < 1.29 is 0 Å². The van der Waals surface area contributed by atoms with Crippen LogP contribution in [-0.4, -0.2) is 14.6 Å². The predicted molar refractivity (Wildman–Crippen MR) is 57.8 cm³/mol. The second-order valence-corrected chi connectivity index (χ2v) is 4.18. The summed E-state index contributed by atoms with van der Waals surface area (Å²) in [5, 5.41) is 4.05. The smallest absolute Gasteiger partial charge is 0.152 e. The Balaban J connectivity index is 2.99. The molecular weight excluding hydrogens is 335 g/mol. The molecule has 0 saturated heterocycles. The third-order valence-electron chi connectivity index (χ3n) is 1.49. The minimum atomic E-state index is 0.486. The van der Waals surface area contributed by atoms with E-state index in [2.05, 4.69) is 48.6 Å². The molecule has 2 aromatic rings. The Morgan fingerprint density at radius 2 is 2.33 bits per heavy atom. The van der Waals surface area contributed by atoms with Gasteiger partial charge >= 0.3 is 0 Å². The van der Waals surface area contributed by atoms with Crippen molar-refractivity contribution in [1.29, 1.82) is 0 Å². The number of nitrogens with two attached hydrogens (primary N) is 1. The van der Waals surface area contributed by atoms with E-state index < -0.39 is 0 Å². The monoisotopic (exact) mass is 338 g/mol. The Labute approximate surface area is 90.4 Å². The summed E-state index contributed by atoms with van der Waals surface area (Å²) >= 11 is 5.57. The zero-order valence-corrected chi connectivity index (χ0v) is 9.57. The van der Waals surface area contributed by atoms with Crippen molar-refractivity contribution in [2.75, 3.05) is 5.73 Å². The minimum absolute atomic E-state index is 0.486. The second-order valence-electron chi connectivity index (χ2n) is 2.22. The molecule has 0 fully saturated rings. The quantitative estimate of drug-likeness (QED) is 0.743. The summed E-state index contributed by atoms with van der Waals surface area (Å²) in [5.74, 6) is 0.486. The number of rotatable bonds is 0. The van der Waals surface area contributed by atoms with Gasteiger partial charge in [0.05, 0.1) is 0 Å². The van der Waals surface area contributed by atoms with Gasteiger partial charge in [0, 0.05) is 4.47 Å². The van der Waals surface area contributed by atoms with Gasteiger partial charge in [0.15, 0.2) is 5.82 Å². The van der Waals surface area contributed by atoms with Crippen molar-refractivity contribution in [3.05, 3.63) is 20.6 Å². The lowest BCUT2D eigenvalue weighted by Crippen LogP contribution is -1.99. The molecule has 0 saturated carbocycles. The lowest BCUT2D eigenvalue weighted by molar-refractivity contribution is 0.887. The van der Waals surface area contributed by atoms with Crippen LogP contribution < -0.4 is 5.73 Å². The molecule has 0 aliphatic heterocycles. The minimum Gasteiger partial charge on any atom is -0.382 e. The molecular formula is C6H4BrIN4. The zero-order chi connectivity index (χ0) is 8.72. The molecule has 0 aliphatic carbocycles. The van der Waals surface area contributed by atoms with E-state index in [1.807, 2.05) is 6.07 Å². The van der Waals surface area contributed by atoms with Gasteiger partial charge in [0.25, 0.3) is 0 Å². The average Bonchev–Trinajstić information content (AvgIpc) is 2.29. The van der Waals surface area contributed by atoms with Gasteiger partial charge in [0.2, 0.25) is 0 Å². The van der Waals surface area contributed by atoms with Crippen molar-refractivity contribution in [2.45, 2.75) is 0 Å². The standard InChI is InChI=1S/C6H4BrIN4/c7-3-1-4(8)12-5(3)6(9)10-2-11-12/h1-2H,(H2,9,10,11). The first-order chi connectivity index (χ1) is 5.70. The maximum atomic E-state index is 5.67. The Morgan fingerprint density at radius 3 is 3.00 bits per heavy atom. The van der Waals surface area contributed by atoms with E-state index in [0.717, 1.165) is 13.7 Å². The number of hydrogen-bond acceptors (Lipinski definition) is 3. The summed E-state index contributed by atoms with van der Waals surface area (Å²) in [6.07, 6.45) is 1.44. The number of fused-ring (bicyclic) bond motifs is 1. The van der Waals surface area contributed by atoms with Gasteiger partial charge < -0.3 is 5.73 Å². The summed E-state index contributed by atoms with van der Waals surface area (Å²) in [4.78, 5) is 3.89. The van der Waals surface area contributed by atoms with Crippen LogP contribution >= 0.6 is 38.5 Å². The van der Waals surface area contributed by atoms with Crippen molar-refractivity contribution in [1.82, 2.24) is 14.6 Å². The molecule has 0 bridgehead atoms. The van der Waals surface area contributed by atoms with Crippen LogP contribution in [0.2, 0.25) is 0 Å². The normalized spacial score (nSPS) is 10.8. The highest BCUT2D eigenvalue weighted by molar-refractivity contribution is 14.1. The highest BCUT2D eigenvalue weighted by Crippen LogP contribution is 2.25. The number of halogens is 2. The predicted octanol–water partition coefficient (Wildman–Crippen LogP) is 1.68. The SMILES string of the molecule is Nc1ncnn2c(I)cc(Br)c12. The van der Waals surface area contributed by atoms with Crippen LogP contribution in [0.25, 0.3) is 5.52 Å². The van der Waals surface area contributed by atoms with Gasteiger partial charge in [0.1, 0.15) is 15.5 Å². The maximum absolute atomic E-state index is 5.67. The van der Waals surface area contributed by atoms with E-state index in [1.165, 1.54) is 6.33 Å². The van der Waals surface area contributed by atoms with Crippen LogP contribution in [0.4, 0.5) is 5.82 Å². The fourth-order valence-electron chi connectivity index (χ4n) is 0.987. The number of aromatic nitrogens is 3. The van der Waals surface area contributed by atoms with E-state index >= 15 is 0 Å². The molecule has 2 aromatic heterocycles. The van der Waals surface area contributed by atoms with Crippen molar-refractivity contribution in [2.24, 2.45) is 0 Å². The number of nitrogen functional groups attached to an aromatic ring is 1. The molecule has 0 atom stereocenters. The topological polar surface area (TPSA) is 56.2 Å². The van der Waals surface area contributed by atoms with E-state index in [0.29, 0.717) is 5.82 Å². The summed E-state index contributed by atoms with van der Waals surface area (Å²) in [6, 6.07) is 1.95. The highest BCUT2D eigenvalue weighted by atomic mass is 127. The first-order valence-corrected chi connectivity index (χ1v) is 5.00. The number of anilines is 1. The highest BCUT2D eigenvalue weighted by Gasteiger charge is 2.08. The second kappa shape index (κ2) is 2.84. The van der Waals surface area contributed by atoms with E-state index in [1.54, 1.807) is 4.52 Å². The first kappa shape index (κ1) is 8.24. The fourth-order valence-corrected chi connectivity index (χ4v) is 2.68. The molecule has 0 aliphatic rings. The third-order valence-corrected chi connectivity index (χ3v) is 2.87. The number of hydrogen-bond donors (Lipinski definition) is 1. The van der Waals surface area contributed by atoms with E-state index in [-0.39, 0.29) is 0 Å². The average molecular weight is 339 g/mol. The van der Waals surface area contributed by atoms with Gasteiger partial charge in [-0.3, -0.25) is 0 Å². The molecule has 0 radical (unpaired) electrons. The Hall–Kier alpha value is -0.370. The molecule has 0 unspecified atom stereocenters. The van der Waals surface area contributed by atoms with E-state index in [9.17, 15) is 0 Å². The maximum Gasteiger partial charge on any atom is 0.152 e. The largest absolute Gasteiger partial charge is 0.382 e. The zero-order valence-electron chi connectivity index (χ0n) is 5.83. The van der Waals surface area contributed by atoms with Crippen molar-refractivity contribution in [3.63, 3.8) is 0 Å². The van der Waals surface area contributed by atoms with Crippen LogP contribution in [0.1, 0.15) is 0 Å². The first-order valence-electron chi connectivity index (χ1n) is 3.13. The Bertz CT molecular complexity index is 438. The summed E-state index contributed by atoms with van der Waals surface area (Å²) in [7, 11) is 0. The summed E-state index contributed by atoms with van der Waals surface area (Å²) < 4.78 is 3.67. The molecule has 2 N–H and O–H groups in total. The van der Waals surface area contributed by atoms with Gasteiger partial charge in [-0.15, -0.1) is 0 Å². The lowest BCUT2D eigenvalue weighted by Gasteiger charge is -1.96. The van der Waals surface area contributed by atoms with Crippen molar-refractivity contribution >= 4 is 49.9 Å². The Morgan fingerprint density at radius 1 is 1.58 bits per heavy atom. The molecule has 0 amide bonds. The van der Waals surface area contributed by atoms with Crippen LogP contribution in [0.5, 0.6) is 0 Å². The van der Waals surface area contributed by atoms with Crippen LogP contribution in [-0.2, 0) is 0 Å². The lowest BCUT2D eigenvalue weighted by atomic mass is 10.5. The van der Waals surface area contributed by atoms with Gasteiger partial charge in [-0.1, -0.05) is 0 Å². The van der Waals surface area contributed by atoms with Crippen molar-refractivity contribution in [3.8, 4) is 0 Å². The van der Waals surface area contributed by atoms with Crippen LogP contribution in [0.3, 0.4) is 0 Å².